The van der Waals surface area contributed by atoms with Crippen LogP contribution in [0.15, 0.2) is 23.8 Å². The second-order valence-electron chi connectivity index (χ2n) is 4.22. The number of hydrogen-bond acceptors (Lipinski definition) is 2. The summed E-state index contributed by atoms with van der Waals surface area (Å²) >= 11 is 0. The molecule has 0 unspecified atom stereocenters. The number of hydrogen-bond donors (Lipinski definition) is 1. The average molecular weight is 218 g/mol. The number of carbonyl (C=O) groups is 1. The van der Waals surface area contributed by atoms with Crippen molar-refractivity contribution in [3.05, 3.63) is 34.9 Å². The third-order valence-corrected chi connectivity index (χ3v) is 2.69. The maximum absolute atomic E-state index is 10.8. The molecule has 0 bridgehead atoms. The topological polar surface area (TPSA) is 46.5 Å². The maximum Gasteiger partial charge on any atom is 0.335 e. The Balaban J connectivity index is 2.43. The van der Waals surface area contributed by atoms with Gasteiger partial charge in [-0.2, -0.15) is 0 Å². The lowest BCUT2D eigenvalue weighted by Gasteiger charge is -2.17. The highest BCUT2D eigenvalue weighted by Gasteiger charge is 2.16. The van der Waals surface area contributed by atoms with E-state index in [1.54, 1.807) is 6.08 Å². The van der Waals surface area contributed by atoms with Gasteiger partial charge >= 0.3 is 5.97 Å². The number of fused-ring (bicyclic) bond motifs is 1. The predicted molar refractivity (Wildman–Crippen MR) is 61.6 cm³/mol. The van der Waals surface area contributed by atoms with Crippen LogP contribution in [0.3, 0.4) is 0 Å². The molecular formula is C13H14O3. The summed E-state index contributed by atoms with van der Waals surface area (Å²) in [5.41, 5.74) is 2.34. The smallest absolute Gasteiger partial charge is 0.335 e. The van der Waals surface area contributed by atoms with Gasteiger partial charge in [-0.3, -0.25) is 0 Å². The van der Waals surface area contributed by atoms with E-state index in [1.807, 2.05) is 18.2 Å². The zero-order chi connectivity index (χ0) is 11.7. The number of carboxylic acid groups (broad SMARTS) is 1. The molecule has 0 atom stereocenters. The lowest BCUT2D eigenvalue weighted by Crippen LogP contribution is -2.14. The van der Waals surface area contributed by atoms with Gasteiger partial charge in [0.15, 0.2) is 0 Å². The van der Waals surface area contributed by atoms with E-state index in [1.165, 1.54) is 5.56 Å². The molecule has 0 saturated carbocycles. The number of benzene rings is 1. The van der Waals surface area contributed by atoms with E-state index in [-0.39, 0.29) is 6.61 Å². The Labute approximate surface area is 94.4 Å². The third kappa shape index (κ3) is 1.94. The molecule has 0 aliphatic carbocycles. The van der Waals surface area contributed by atoms with Crippen LogP contribution in [0.2, 0.25) is 0 Å². The zero-order valence-electron chi connectivity index (χ0n) is 9.36. The summed E-state index contributed by atoms with van der Waals surface area (Å²) in [5, 5.41) is 8.89. The van der Waals surface area contributed by atoms with Crippen molar-refractivity contribution in [2.45, 2.75) is 19.8 Å². The quantitative estimate of drug-likeness (QED) is 0.830. The summed E-state index contributed by atoms with van der Waals surface area (Å²) in [5.74, 6) is 0.268. The summed E-state index contributed by atoms with van der Waals surface area (Å²) in [7, 11) is 0. The normalized spacial score (nSPS) is 14.1. The number of rotatable bonds is 2. The van der Waals surface area contributed by atoms with E-state index >= 15 is 0 Å². The Morgan fingerprint density at radius 2 is 2.19 bits per heavy atom. The predicted octanol–water partition coefficient (Wildman–Crippen LogP) is 2.67. The summed E-state index contributed by atoms with van der Waals surface area (Å²) in [6.45, 7) is 4.35. The molecular weight excluding hydrogens is 204 g/mol. The fourth-order valence-corrected chi connectivity index (χ4v) is 1.68. The zero-order valence-corrected chi connectivity index (χ0v) is 9.36. The van der Waals surface area contributed by atoms with Crippen LogP contribution in [0.25, 0.3) is 6.08 Å². The highest BCUT2D eigenvalue weighted by atomic mass is 16.5. The maximum atomic E-state index is 10.8. The van der Waals surface area contributed by atoms with Crippen molar-refractivity contribution in [3.63, 3.8) is 0 Å². The molecule has 3 nitrogen and oxygen atoms in total. The SMILES string of the molecule is CC(C)c1ccc2c(c1)C=C(C(=O)O)CO2. The minimum atomic E-state index is -0.916. The van der Waals surface area contributed by atoms with E-state index in [9.17, 15) is 4.79 Å². The molecule has 1 aliphatic heterocycles. The van der Waals surface area contributed by atoms with Crippen molar-refractivity contribution in [1.29, 1.82) is 0 Å². The largest absolute Gasteiger partial charge is 0.488 e. The first kappa shape index (κ1) is 10.7. The van der Waals surface area contributed by atoms with Crippen molar-refractivity contribution < 1.29 is 14.6 Å². The molecule has 1 aliphatic rings. The van der Waals surface area contributed by atoms with Crippen LogP contribution in [0, 0.1) is 0 Å². The first-order valence-electron chi connectivity index (χ1n) is 5.28. The Morgan fingerprint density at radius 1 is 1.44 bits per heavy atom. The van der Waals surface area contributed by atoms with E-state index in [2.05, 4.69) is 13.8 Å². The molecule has 1 heterocycles. The Bertz CT molecular complexity index is 458. The molecule has 3 heteroatoms. The van der Waals surface area contributed by atoms with Gasteiger partial charge in [0.05, 0.1) is 5.57 Å². The van der Waals surface area contributed by atoms with Crippen LogP contribution in [-0.2, 0) is 4.79 Å². The lowest BCUT2D eigenvalue weighted by molar-refractivity contribution is -0.132. The molecule has 0 spiro atoms. The number of ether oxygens (including phenoxy) is 1. The Kier molecular flexibility index (Phi) is 2.69. The van der Waals surface area contributed by atoms with Crippen molar-refractivity contribution in [1.82, 2.24) is 0 Å². The van der Waals surface area contributed by atoms with Crippen LogP contribution in [0.4, 0.5) is 0 Å². The first-order valence-corrected chi connectivity index (χ1v) is 5.28. The highest BCUT2D eigenvalue weighted by Crippen LogP contribution is 2.29. The van der Waals surface area contributed by atoms with E-state index < -0.39 is 5.97 Å². The molecule has 1 aromatic carbocycles. The minimum absolute atomic E-state index is 0.142. The molecule has 0 fully saturated rings. The van der Waals surface area contributed by atoms with Crippen molar-refractivity contribution in [3.8, 4) is 5.75 Å². The number of aliphatic carboxylic acids is 1. The van der Waals surface area contributed by atoms with Crippen LogP contribution in [0.5, 0.6) is 5.75 Å². The second kappa shape index (κ2) is 4.00. The third-order valence-electron chi connectivity index (χ3n) is 2.69. The van der Waals surface area contributed by atoms with Gasteiger partial charge in [-0.05, 0) is 29.7 Å². The molecule has 84 valence electrons. The van der Waals surface area contributed by atoms with Gasteiger partial charge in [0, 0.05) is 5.56 Å². The fourth-order valence-electron chi connectivity index (χ4n) is 1.68. The van der Waals surface area contributed by atoms with Crippen molar-refractivity contribution in [2.75, 3.05) is 6.61 Å². The summed E-state index contributed by atoms with van der Waals surface area (Å²) in [6.07, 6.45) is 1.69. The van der Waals surface area contributed by atoms with Gasteiger partial charge in [0.1, 0.15) is 12.4 Å². The van der Waals surface area contributed by atoms with Crippen LogP contribution < -0.4 is 4.74 Å². The summed E-state index contributed by atoms with van der Waals surface area (Å²) < 4.78 is 5.38. The Morgan fingerprint density at radius 3 is 2.81 bits per heavy atom. The van der Waals surface area contributed by atoms with Gasteiger partial charge in [0.2, 0.25) is 0 Å². The first-order chi connectivity index (χ1) is 7.58. The standard InChI is InChI=1S/C13H14O3/c1-8(2)9-3-4-12-10(5-9)6-11(7-16-12)13(14)15/h3-6,8H,7H2,1-2H3,(H,14,15). The molecule has 0 radical (unpaired) electrons. The average Bonchev–Trinajstić information content (AvgIpc) is 2.27. The number of carboxylic acids is 1. The minimum Gasteiger partial charge on any atom is -0.488 e. The van der Waals surface area contributed by atoms with Crippen molar-refractivity contribution in [2.24, 2.45) is 0 Å². The van der Waals surface area contributed by atoms with E-state index in [4.69, 9.17) is 9.84 Å². The molecule has 1 aromatic rings. The van der Waals surface area contributed by atoms with Gasteiger partial charge in [-0.25, -0.2) is 4.79 Å². The van der Waals surface area contributed by atoms with E-state index in [0.29, 0.717) is 11.5 Å². The summed E-state index contributed by atoms with van der Waals surface area (Å²) in [4.78, 5) is 10.8. The van der Waals surface area contributed by atoms with Gasteiger partial charge < -0.3 is 9.84 Å². The molecule has 0 amide bonds. The van der Waals surface area contributed by atoms with E-state index in [0.717, 1.165) is 11.3 Å². The summed E-state index contributed by atoms with van der Waals surface area (Å²) in [6, 6.07) is 5.91. The highest BCUT2D eigenvalue weighted by molar-refractivity contribution is 5.93. The molecule has 1 N–H and O–H groups in total. The van der Waals surface area contributed by atoms with Crippen molar-refractivity contribution >= 4 is 12.0 Å². The van der Waals surface area contributed by atoms with Crippen LogP contribution in [0.1, 0.15) is 30.9 Å². The molecule has 0 saturated heterocycles. The molecule has 2 rings (SSSR count). The van der Waals surface area contributed by atoms with Gasteiger partial charge in [-0.15, -0.1) is 0 Å². The Hall–Kier alpha value is -1.77. The molecule has 0 aromatic heterocycles. The lowest BCUT2D eigenvalue weighted by atomic mass is 9.98. The molecule has 16 heavy (non-hydrogen) atoms. The fraction of sp³-hybridized carbons (Fsp3) is 0.308. The van der Waals surface area contributed by atoms with Crippen LogP contribution in [-0.4, -0.2) is 17.7 Å². The van der Waals surface area contributed by atoms with Crippen LogP contribution >= 0.6 is 0 Å². The van der Waals surface area contributed by atoms with Gasteiger partial charge in [-0.1, -0.05) is 19.9 Å². The monoisotopic (exact) mass is 218 g/mol. The second-order valence-corrected chi connectivity index (χ2v) is 4.22. The van der Waals surface area contributed by atoms with Gasteiger partial charge in [0.25, 0.3) is 0 Å².